The highest BCUT2D eigenvalue weighted by molar-refractivity contribution is 9.14. The maximum Gasteiger partial charge on any atom is 0.120 e. The van der Waals surface area contributed by atoms with E-state index in [-0.39, 0.29) is 8.96 Å². The minimum atomic E-state index is 0.222. The zero-order valence-corrected chi connectivity index (χ0v) is 6.82. The Bertz CT molecular complexity index is 171. The SMILES string of the molecule is N#C/C(Br)=C(\Br)C#N. The van der Waals surface area contributed by atoms with Crippen LogP contribution >= 0.6 is 31.9 Å². The summed E-state index contributed by atoms with van der Waals surface area (Å²) in [5, 5.41) is 16.2. The highest BCUT2D eigenvalue weighted by Gasteiger charge is 1.94. The second-order valence-electron chi connectivity index (χ2n) is 0.852. The fourth-order valence-electron chi connectivity index (χ4n) is 0.0982. The lowest BCUT2D eigenvalue weighted by molar-refractivity contribution is 1.51. The van der Waals surface area contributed by atoms with E-state index in [2.05, 4.69) is 31.9 Å². The number of nitriles is 2. The molecule has 0 aliphatic rings. The average Bonchev–Trinajstić information content (AvgIpc) is 1.84. The van der Waals surface area contributed by atoms with Gasteiger partial charge in [0.1, 0.15) is 21.1 Å². The van der Waals surface area contributed by atoms with Crippen molar-refractivity contribution in [1.82, 2.24) is 0 Å². The quantitative estimate of drug-likeness (QED) is 0.604. The average molecular weight is 236 g/mol. The third-order valence-electron chi connectivity index (χ3n) is 0.389. The summed E-state index contributed by atoms with van der Waals surface area (Å²) in [6, 6.07) is 3.49. The summed E-state index contributed by atoms with van der Waals surface area (Å²) < 4.78 is 0.444. The van der Waals surface area contributed by atoms with Crippen molar-refractivity contribution in [3.05, 3.63) is 8.96 Å². The van der Waals surface area contributed by atoms with E-state index in [0.717, 1.165) is 0 Å². The van der Waals surface area contributed by atoms with Crippen molar-refractivity contribution < 1.29 is 0 Å². The molecule has 0 amide bonds. The molecule has 0 atom stereocenters. The summed E-state index contributed by atoms with van der Waals surface area (Å²) in [4.78, 5) is 0. The highest BCUT2D eigenvalue weighted by atomic mass is 79.9. The minimum absolute atomic E-state index is 0.222. The molecule has 0 rings (SSSR count). The van der Waals surface area contributed by atoms with Gasteiger partial charge in [-0.2, -0.15) is 10.5 Å². The van der Waals surface area contributed by atoms with Crippen molar-refractivity contribution in [2.24, 2.45) is 0 Å². The fourth-order valence-corrected chi connectivity index (χ4v) is 0.275. The molecular formula is C4Br2N2. The van der Waals surface area contributed by atoms with Crippen molar-refractivity contribution in [3.63, 3.8) is 0 Å². The zero-order valence-electron chi connectivity index (χ0n) is 3.65. The van der Waals surface area contributed by atoms with Crippen molar-refractivity contribution in [2.75, 3.05) is 0 Å². The van der Waals surface area contributed by atoms with Gasteiger partial charge in [-0.1, -0.05) is 0 Å². The van der Waals surface area contributed by atoms with E-state index in [9.17, 15) is 0 Å². The monoisotopic (exact) mass is 234 g/mol. The first kappa shape index (κ1) is 7.68. The lowest BCUT2D eigenvalue weighted by Gasteiger charge is -1.77. The molecule has 0 aromatic heterocycles. The lowest BCUT2D eigenvalue weighted by atomic mass is 10.6. The maximum absolute atomic E-state index is 8.10. The molecule has 0 saturated heterocycles. The number of halogens is 2. The van der Waals surface area contributed by atoms with Crippen LogP contribution in [0.5, 0.6) is 0 Å². The van der Waals surface area contributed by atoms with Crippen LogP contribution in [-0.4, -0.2) is 0 Å². The van der Waals surface area contributed by atoms with E-state index in [4.69, 9.17) is 10.5 Å². The van der Waals surface area contributed by atoms with Crippen molar-refractivity contribution in [1.29, 1.82) is 10.5 Å². The Labute approximate surface area is 63.7 Å². The summed E-state index contributed by atoms with van der Waals surface area (Å²) in [7, 11) is 0. The third kappa shape index (κ3) is 2.11. The lowest BCUT2D eigenvalue weighted by Crippen LogP contribution is -1.64. The standard InChI is InChI=1S/C4Br2N2/c5-3(1-7)4(6)2-8/b4-3+. The van der Waals surface area contributed by atoms with Crippen LogP contribution in [0.25, 0.3) is 0 Å². The molecular weight excluding hydrogens is 236 g/mol. The van der Waals surface area contributed by atoms with Crippen LogP contribution in [0.2, 0.25) is 0 Å². The van der Waals surface area contributed by atoms with Gasteiger partial charge in [0.25, 0.3) is 0 Å². The second kappa shape index (κ2) is 3.65. The minimum Gasteiger partial charge on any atom is -0.192 e. The Morgan fingerprint density at radius 1 is 1.00 bits per heavy atom. The molecule has 0 aromatic carbocycles. The van der Waals surface area contributed by atoms with E-state index in [0.29, 0.717) is 0 Å². The summed E-state index contributed by atoms with van der Waals surface area (Å²) in [5.74, 6) is 0. The summed E-state index contributed by atoms with van der Waals surface area (Å²) in [6.07, 6.45) is 0. The van der Waals surface area contributed by atoms with Gasteiger partial charge in [-0.3, -0.25) is 0 Å². The van der Waals surface area contributed by atoms with Gasteiger partial charge in [0.2, 0.25) is 0 Å². The number of hydrogen-bond donors (Lipinski definition) is 0. The number of hydrogen-bond acceptors (Lipinski definition) is 2. The molecule has 4 heteroatoms. The molecule has 0 heterocycles. The van der Waals surface area contributed by atoms with Gasteiger partial charge in [0.15, 0.2) is 0 Å². The predicted molar refractivity (Wildman–Crippen MR) is 36.1 cm³/mol. The van der Waals surface area contributed by atoms with E-state index in [1.165, 1.54) is 0 Å². The maximum atomic E-state index is 8.10. The molecule has 0 unspecified atom stereocenters. The molecule has 0 bridgehead atoms. The highest BCUT2D eigenvalue weighted by Crippen LogP contribution is 2.14. The second-order valence-corrected chi connectivity index (χ2v) is 2.44. The molecule has 0 aliphatic heterocycles. The molecule has 0 aliphatic carbocycles. The fraction of sp³-hybridized carbons (Fsp3) is 0. The number of allylic oxidation sites excluding steroid dienone is 2. The van der Waals surface area contributed by atoms with Crippen LogP contribution in [0.1, 0.15) is 0 Å². The van der Waals surface area contributed by atoms with Gasteiger partial charge in [-0.25, -0.2) is 0 Å². The van der Waals surface area contributed by atoms with E-state index in [1.807, 2.05) is 0 Å². The van der Waals surface area contributed by atoms with Gasteiger partial charge < -0.3 is 0 Å². The summed E-state index contributed by atoms with van der Waals surface area (Å²) in [6.45, 7) is 0. The molecule has 40 valence electrons. The largest absolute Gasteiger partial charge is 0.192 e. The van der Waals surface area contributed by atoms with Crippen molar-refractivity contribution in [3.8, 4) is 12.1 Å². The Balaban J connectivity index is 4.41. The van der Waals surface area contributed by atoms with Crippen LogP contribution in [0.3, 0.4) is 0 Å². The van der Waals surface area contributed by atoms with Gasteiger partial charge >= 0.3 is 0 Å². The molecule has 0 spiro atoms. The smallest absolute Gasteiger partial charge is 0.120 e. The topological polar surface area (TPSA) is 47.6 Å². The van der Waals surface area contributed by atoms with Crippen molar-refractivity contribution in [2.45, 2.75) is 0 Å². The molecule has 0 aromatic rings. The van der Waals surface area contributed by atoms with Gasteiger partial charge in [0, 0.05) is 0 Å². The molecule has 0 N–H and O–H groups in total. The summed E-state index contributed by atoms with van der Waals surface area (Å²) >= 11 is 5.70. The zero-order chi connectivity index (χ0) is 6.57. The Hall–Kier alpha value is -0.320. The third-order valence-corrected chi connectivity index (χ3v) is 2.07. The first-order valence-corrected chi connectivity index (χ1v) is 3.16. The Kier molecular flexibility index (Phi) is 3.51. The molecule has 8 heavy (non-hydrogen) atoms. The van der Waals surface area contributed by atoms with Crippen LogP contribution < -0.4 is 0 Å². The van der Waals surface area contributed by atoms with Crippen LogP contribution in [0.15, 0.2) is 8.96 Å². The molecule has 0 saturated carbocycles. The normalized spacial score (nSPS) is 11.0. The molecule has 0 radical (unpaired) electrons. The first-order valence-electron chi connectivity index (χ1n) is 1.58. The predicted octanol–water partition coefficient (Wildman–Crippen LogP) is 2.03. The molecule has 2 nitrogen and oxygen atoms in total. The van der Waals surface area contributed by atoms with E-state index < -0.39 is 0 Å². The first-order chi connectivity index (χ1) is 3.72. The van der Waals surface area contributed by atoms with Crippen LogP contribution in [0.4, 0.5) is 0 Å². The number of nitrogens with zero attached hydrogens (tertiary/aromatic N) is 2. The van der Waals surface area contributed by atoms with Crippen LogP contribution in [0, 0.1) is 22.7 Å². The molecule has 0 fully saturated rings. The van der Waals surface area contributed by atoms with Gasteiger partial charge in [-0.15, -0.1) is 0 Å². The van der Waals surface area contributed by atoms with E-state index >= 15 is 0 Å². The Morgan fingerprint density at radius 2 is 1.25 bits per heavy atom. The van der Waals surface area contributed by atoms with Crippen LogP contribution in [-0.2, 0) is 0 Å². The van der Waals surface area contributed by atoms with E-state index in [1.54, 1.807) is 12.1 Å². The van der Waals surface area contributed by atoms with Crippen molar-refractivity contribution >= 4 is 31.9 Å². The Morgan fingerprint density at radius 3 is 1.38 bits per heavy atom. The number of rotatable bonds is 0. The van der Waals surface area contributed by atoms with Gasteiger partial charge in [0.05, 0.1) is 0 Å². The van der Waals surface area contributed by atoms with Gasteiger partial charge in [-0.05, 0) is 31.9 Å². The summed E-state index contributed by atoms with van der Waals surface area (Å²) in [5.41, 5.74) is 0.